The number of hydrogen-bond acceptors (Lipinski definition) is 3. The van der Waals surface area contributed by atoms with Gasteiger partial charge in [-0.1, -0.05) is 54.1 Å². The van der Waals surface area contributed by atoms with E-state index in [1.165, 1.54) is 36.4 Å². The average molecular weight is 269 g/mol. The average Bonchev–Trinajstić information content (AvgIpc) is 2.39. The van der Waals surface area contributed by atoms with Crippen LogP contribution in [-0.4, -0.2) is 11.1 Å². The van der Waals surface area contributed by atoms with Crippen LogP contribution < -0.4 is 24.0 Å². The first-order valence-corrected chi connectivity index (χ1v) is 5.68. The number of carbonyl (C=O) groups excluding carboxylic acids is 1. The van der Waals surface area contributed by atoms with Crippen molar-refractivity contribution in [2.45, 2.75) is 5.60 Å². The zero-order chi connectivity index (χ0) is 13.2. The summed E-state index contributed by atoms with van der Waals surface area (Å²) in [5.74, 6) is -1.57. The van der Waals surface area contributed by atoms with Crippen LogP contribution in [0.4, 0.5) is 0 Å². The minimum Gasteiger partial charge on any atom is -0.546 e. The smallest absolute Gasteiger partial charge is 0.546 e. The second-order valence-corrected chi connectivity index (χ2v) is 4.31. The summed E-state index contributed by atoms with van der Waals surface area (Å²) in [6.07, 6.45) is 0. The van der Waals surface area contributed by atoms with E-state index in [-0.39, 0.29) is 30.0 Å². The number of aliphatic carboxylic acids is 1. The van der Waals surface area contributed by atoms with Gasteiger partial charge in [0.15, 0.2) is 5.60 Å². The van der Waals surface area contributed by atoms with Crippen LogP contribution in [0.15, 0.2) is 54.6 Å². The molecule has 5 heteroatoms. The maximum Gasteiger partial charge on any atom is 1.00 e. The molecule has 0 amide bonds. The largest absolute Gasteiger partial charge is 1.00 e. The molecule has 3 nitrogen and oxygen atoms in total. The van der Waals surface area contributed by atoms with Crippen molar-refractivity contribution in [3.63, 3.8) is 0 Å². The molecule has 0 aliphatic rings. The molecule has 0 aromatic heterocycles. The number of rotatable bonds is 3. The zero-order valence-electron chi connectivity index (χ0n) is 10.3. The Morgan fingerprint density at radius 2 is 1.47 bits per heavy atom. The number of carboxylic acids is 1. The summed E-state index contributed by atoms with van der Waals surface area (Å²) in [7, 11) is 0. The summed E-state index contributed by atoms with van der Waals surface area (Å²) in [6, 6.07) is 14.1. The van der Waals surface area contributed by atoms with Crippen molar-refractivity contribution in [2.24, 2.45) is 0 Å². The van der Waals surface area contributed by atoms with Gasteiger partial charge in [0.2, 0.25) is 0 Å². The minimum atomic E-state index is -2.17. The van der Waals surface area contributed by atoms with Gasteiger partial charge in [-0.05, 0) is 23.3 Å². The van der Waals surface area contributed by atoms with Crippen molar-refractivity contribution >= 4 is 17.6 Å². The van der Waals surface area contributed by atoms with Gasteiger partial charge in [0.1, 0.15) is 0 Å². The number of carbonyl (C=O) groups is 1. The molecule has 0 bridgehead atoms. The number of halogens is 1. The molecular formula is C14H10ClLiO3. The molecule has 2 rings (SSSR count). The first-order chi connectivity index (χ1) is 8.55. The fraction of sp³-hybridized carbons (Fsp3) is 0.0714. The quantitative estimate of drug-likeness (QED) is 0.677. The van der Waals surface area contributed by atoms with Crippen LogP contribution in [0.2, 0.25) is 5.02 Å². The van der Waals surface area contributed by atoms with Crippen LogP contribution in [-0.2, 0) is 10.4 Å². The normalized spacial score (nSPS) is 13.2. The maximum atomic E-state index is 11.3. The standard InChI is InChI=1S/C14H11ClO3.Li/c15-12-8-6-11(7-9-12)14(18,13(16)17)10-4-2-1-3-5-10;/h1-9,18H,(H,16,17);/q;+1/p-1. The third kappa shape index (κ3) is 3.02. The number of aliphatic hydroxyl groups is 1. The molecule has 2 aromatic carbocycles. The Balaban J connectivity index is 0.00000180. The van der Waals surface area contributed by atoms with E-state index >= 15 is 0 Å². The number of benzene rings is 2. The van der Waals surface area contributed by atoms with E-state index in [0.29, 0.717) is 5.02 Å². The molecule has 1 atom stereocenters. The van der Waals surface area contributed by atoms with Gasteiger partial charge < -0.3 is 15.0 Å². The van der Waals surface area contributed by atoms with E-state index in [0.717, 1.165) is 0 Å². The third-order valence-corrected chi connectivity index (χ3v) is 3.00. The van der Waals surface area contributed by atoms with Crippen LogP contribution in [0.1, 0.15) is 11.1 Å². The fourth-order valence-electron chi connectivity index (χ4n) is 1.77. The van der Waals surface area contributed by atoms with Gasteiger partial charge in [-0.15, -0.1) is 0 Å². The van der Waals surface area contributed by atoms with E-state index in [1.54, 1.807) is 18.2 Å². The molecule has 2 aromatic rings. The summed E-state index contributed by atoms with van der Waals surface area (Å²) in [6.45, 7) is 0. The van der Waals surface area contributed by atoms with Crippen LogP contribution in [0, 0.1) is 0 Å². The predicted octanol–water partition coefficient (Wildman–Crippen LogP) is -1.67. The van der Waals surface area contributed by atoms with Crippen molar-refractivity contribution in [1.82, 2.24) is 0 Å². The van der Waals surface area contributed by atoms with E-state index in [4.69, 9.17) is 11.6 Å². The monoisotopic (exact) mass is 268 g/mol. The molecule has 0 spiro atoms. The Kier molecular flexibility index (Phi) is 5.22. The summed E-state index contributed by atoms with van der Waals surface area (Å²) in [5, 5.41) is 22.2. The van der Waals surface area contributed by atoms with Crippen molar-refractivity contribution in [2.75, 3.05) is 0 Å². The molecule has 0 radical (unpaired) electrons. The van der Waals surface area contributed by atoms with E-state index in [2.05, 4.69) is 0 Å². The van der Waals surface area contributed by atoms with Gasteiger partial charge in [-0.3, -0.25) is 0 Å². The summed E-state index contributed by atoms with van der Waals surface area (Å²) >= 11 is 5.74. The van der Waals surface area contributed by atoms with Crippen LogP contribution in [0.3, 0.4) is 0 Å². The molecule has 19 heavy (non-hydrogen) atoms. The van der Waals surface area contributed by atoms with Crippen LogP contribution in [0.5, 0.6) is 0 Å². The molecule has 1 unspecified atom stereocenters. The molecule has 0 aliphatic carbocycles. The fourth-order valence-corrected chi connectivity index (χ4v) is 1.90. The Hall–Kier alpha value is -1.24. The SMILES string of the molecule is O=C([O-])C(O)(c1ccccc1)c1ccc(Cl)cc1.[Li+]. The second kappa shape index (κ2) is 6.27. The van der Waals surface area contributed by atoms with E-state index < -0.39 is 11.6 Å². The molecule has 92 valence electrons. The second-order valence-electron chi connectivity index (χ2n) is 3.87. The molecular weight excluding hydrogens is 259 g/mol. The first kappa shape index (κ1) is 15.8. The molecule has 0 saturated heterocycles. The summed E-state index contributed by atoms with van der Waals surface area (Å²) in [4.78, 5) is 11.3. The van der Waals surface area contributed by atoms with Crippen molar-refractivity contribution in [1.29, 1.82) is 0 Å². The molecule has 1 N–H and O–H groups in total. The predicted molar refractivity (Wildman–Crippen MR) is 65.9 cm³/mol. The third-order valence-electron chi connectivity index (χ3n) is 2.75. The Morgan fingerprint density at radius 3 is 1.95 bits per heavy atom. The van der Waals surface area contributed by atoms with Crippen LogP contribution in [0.25, 0.3) is 0 Å². The van der Waals surface area contributed by atoms with E-state index in [9.17, 15) is 15.0 Å². The van der Waals surface area contributed by atoms with Crippen LogP contribution >= 0.6 is 11.6 Å². The van der Waals surface area contributed by atoms with Crippen molar-refractivity contribution in [3.05, 3.63) is 70.7 Å². The van der Waals surface area contributed by atoms with Crippen molar-refractivity contribution in [3.8, 4) is 0 Å². The van der Waals surface area contributed by atoms with Gasteiger partial charge in [-0.2, -0.15) is 0 Å². The zero-order valence-corrected chi connectivity index (χ0v) is 11.1. The maximum absolute atomic E-state index is 11.3. The first-order valence-electron chi connectivity index (χ1n) is 5.30. The molecule has 0 fully saturated rings. The minimum absolute atomic E-state index is 0. The Morgan fingerprint density at radius 1 is 1.00 bits per heavy atom. The Labute approximate surface area is 128 Å². The molecule has 0 saturated carbocycles. The Bertz CT molecular complexity index is 557. The summed E-state index contributed by atoms with van der Waals surface area (Å²) < 4.78 is 0. The van der Waals surface area contributed by atoms with E-state index in [1.807, 2.05) is 0 Å². The van der Waals surface area contributed by atoms with Gasteiger partial charge in [-0.25, -0.2) is 0 Å². The molecule has 0 aliphatic heterocycles. The number of hydrogen-bond donors (Lipinski definition) is 1. The van der Waals surface area contributed by atoms with Crippen molar-refractivity contribution < 1.29 is 33.9 Å². The van der Waals surface area contributed by atoms with Gasteiger partial charge >= 0.3 is 18.9 Å². The summed E-state index contributed by atoms with van der Waals surface area (Å²) in [5.41, 5.74) is -1.73. The molecule has 0 heterocycles. The topological polar surface area (TPSA) is 60.4 Å². The van der Waals surface area contributed by atoms with Gasteiger partial charge in [0.05, 0.1) is 5.97 Å². The van der Waals surface area contributed by atoms with Gasteiger partial charge in [0.25, 0.3) is 0 Å². The van der Waals surface area contributed by atoms with Gasteiger partial charge in [0, 0.05) is 5.02 Å². The number of carboxylic acid groups (broad SMARTS) is 1.